The first kappa shape index (κ1) is 12.3. The summed E-state index contributed by atoms with van der Waals surface area (Å²) in [6, 6.07) is 4.80. The van der Waals surface area contributed by atoms with Crippen molar-refractivity contribution in [3.05, 3.63) is 18.2 Å². The molecule has 17 heavy (non-hydrogen) atoms. The molecule has 1 aromatic carbocycles. The number of hydrogen-bond donors (Lipinski definition) is 1. The highest BCUT2D eigenvalue weighted by Crippen LogP contribution is 2.40. The van der Waals surface area contributed by atoms with Gasteiger partial charge in [0.05, 0.1) is 5.69 Å². The summed E-state index contributed by atoms with van der Waals surface area (Å²) in [4.78, 5) is 0. The molecule has 0 saturated carbocycles. The lowest BCUT2D eigenvalue weighted by atomic mass is 10.3. The molecule has 0 saturated heterocycles. The highest BCUT2D eigenvalue weighted by Gasteiger charge is 2.31. The summed E-state index contributed by atoms with van der Waals surface area (Å²) in [5.41, 5.74) is 0.394. The monoisotopic (exact) mass is 277 g/mol. The van der Waals surface area contributed by atoms with E-state index >= 15 is 0 Å². The molecule has 0 bridgehead atoms. The Labute approximate surface area is 105 Å². The molecule has 94 valence electrons. The van der Waals surface area contributed by atoms with Crippen LogP contribution in [0.5, 0.6) is 11.5 Å². The van der Waals surface area contributed by atoms with E-state index in [0.29, 0.717) is 17.2 Å². The third-order valence-electron chi connectivity index (χ3n) is 2.07. The van der Waals surface area contributed by atoms with Crippen LogP contribution >= 0.6 is 11.6 Å². The summed E-state index contributed by atoms with van der Waals surface area (Å²) in [6.45, 7) is 3.55. The molecule has 1 aromatic rings. The zero-order valence-corrected chi connectivity index (χ0v) is 10.9. The van der Waals surface area contributed by atoms with Crippen LogP contribution in [0.15, 0.2) is 18.2 Å². The van der Waals surface area contributed by atoms with Crippen molar-refractivity contribution in [1.29, 1.82) is 0 Å². The van der Waals surface area contributed by atoms with Crippen LogP contribution < -0.4 is 14.2 Å². The van der Waals surface area contributed by atoms with Gasteiger partial charge in [0, 0.05) is 19.9 Å². The molecular weight excluding hydrogens is 266 g/mol. The average molecular weight is 278 g/mol. The van der Waals surface area contributed by atoms with E-state index in [9.17, 15) is 8.42 Å². The molecule has 1 aliphatic heterocycles. The van der Waals surface area contributed by atoms with Crippen molar-refractivity contribution >= 4 is 27.3 Å². The van der Waals surface area contributed by atoms with E-state index in [-0.39, 0.29) is 0 Å². The lowest BCUT2D eigenvalue weighted by Gasteiger charge is -2.16. The number of hydrogen-bond acceptors (Lipinski definition) is 4. The van der Waals surface area contributed by atoms with Crippen LogP contribution in [0.2, 0.25) is 0 Å². The summed E-state index contributed by atoms with van der Waals surface area (Å²) in [5.74, 6) is 0.361. The smallest absolute Gasteiger partial charge is 0.246 e. The van der Waals surface area contributed by atoms with Gasteiger partial charge in [0.1, 0.15) is 5.21 Å². The predicted octanol–water partition coefficient (Wildman–Crippen LogP) is 2.13. The van der Waals surface area contributed by atoms with Crippen molar-refractivity contribution in [3.63, 3.8) is 0 Å². The Balaban J connectivity index is 2.26. The summed E-state index contributed by atoms with van der Waals surface area (Å²) in [5, 5.41) is -0.493. The number of halogens is 1. The van der Waals surface area contributed by atoms with E-state index in [1.165, 1.54) is 0 Å². The lowest BCUT2D eigenvalue weighted by molar-refractivity contribution is -0.0431. The number of nitrogens with one attached hydrogen (secondary N) is 1. The molecular formula is C10H12ClNO4S. The maximum absolute atomic E-state index is 11.3. The number of benzene rings is 1. The second-order valence-electron chi connectivity index (χ2n) is 4.09. The van der Waals surface area contributed by atoms with Crippen LogP contribution in [-0.2, 0) is 10.0 Å². The van der Waals surface area contributed by atoms with Crippen LogP contribution in [0, 0.1) is 0 Å². The molecule has 0 aromatic heterocycles. The van der Waals surface area contributed by atoms with Gasteiger partial charge in [0.15, 0.2) is 11.5 Å². The standard InChI is InChI=1S/C10H12ClNO4S/c1-10(2)15-8-4-3-7(5-9(8)16-10)12-17(13,14)6-11/h3-5,12H,6H2,1-2H3. The normalized spacial score (nSPS) is 16.9. The van der Waals surface area contributed by atoms with E-state index in [1.807, 2.05) is 0 Å². The first-order chi connectivity index (χ1) is 7.81. The van der Waals surface area contributed by atoms with Crippen LogP contribution in [0.25, 0.3) is 0 Å². The molecule has 0 aliphatic carbocycles. The molecule has 1 heterocycles. The van der Waals surface area contributed by atoms with E-state index in [4.69, 9.17) is 21.1 Å². The molecule has 2 rings (SSSR count). The number of rotatable bonds is 3. The van der Waals surface area contributed by atoms with Crippen LogP contribution in [-0.4, -0.2) is 19.4 Å². The molecule has 0 fully saturated rings. The largest absolute Gasteiger partial charge is 0.449 e. The maximum atomic E-state index is 11.3. The molecule has 0 unspecified atom stereocenters. The van der Waals surface area contributed by atoms with Gasteiger partial charge >= 0.3 is 0 Å². The Morgan fingerprint density at radius 1 is 1.29 bits per heavy atom. The van der Waals surface area contributed by atoms with Crippen LogP contribution in [0.3, 0.4) is 0 Å². The van der Waals surface area contributed by atoms with Crippen LogP contribution in [0.4, 0.5) is 5.69 Å². The van der Waals surface area contributed by atoms with E-state index < -0.39 is 21.0 Å². The number of fused-ring (bicyclic) bond motifs is 1. The number of alkyl halides is 1. The average Bonchev–Trinajstić information content (AvgIpc) is 2.50. The van der Waals surface area contributed by atoms with E-state index in [1.54, 1.807) is 32.0 Å². The van der Waals surface area contributed by atoms with Crippen molar-refractivity contribution in [1.82, 2.24) is 0 Å². The molecule has 1 aliphatic rings. The Morgan fingerprint density at radius 2 is 1.94 bits per heavy atom. The zero-order valence-electron chi connectivity index (χ0n) is 9.36. The van der Waals surface area contributed by atoms with Gasteiger partial charge in [-0.3, -0.25) is 4.72 Å². The van der Waals surface area contributed by atoms with Gasteiger partial charge in [-0.05, 0) is 12.1 Å². The molecule has 0 radical (unpaired) electrons. The minimum absolute atomic E-state index is 0.394. The van der Waals surface area contributed by atoms with Crippen molar-refractivity contribution < 1.29 is 17.9 Å². The van der Waals surface area contributed by atoms with Crippen LogP contribution in [0.1, 0.15) is 13.8 Å². The fourth-order valence-corrected chi connectivity index (χ4v) is 2.20. The Kier molecular flexibility index (Phi) is 2.87. The molecule has 7 heteroatoms. The predicted molar refractivity (Wildman–Crippen MR) is 65.0 cm³/mol. The van der Waals surface area contributed by atoms with Crippen molar-refractivity contribution in [2.24, 2.45) is 0 Å². The fourth-order valence-electron chi connectivity index (χ4n) is 1.49. The van der Waals surface area contributed by atoms with Gasteiger partial charge in [-0.25, -0.2) is 8.42 Å². The minimum Gasteiger partial charge on any atom is -0.449 e. The third-order valence-corrected chi connectivity index (χ3v) is 3.77. The van der Waals surface area contributed by atoms with Crippen molar-refractivity contribution in [3.8, 4) is 11.5 Å². The first-order valence-electron chi connectivity index (χ1n) is 4.90. The molecule has 0 amide bonds. The highest BCUT2D eigenvalue weighted by atomic mass is 35.5. The number of ether oxygens (including phenoxy) is 2. The number of anilines is 1. The molecule has 0 spiro atoms. The van der Waals surface area contributed by atoms with Crippen molar-refractivity contribution in [2.45, 2.75) is 19.6 Å². The van der Waals surface area contributed by atoms with Gasteiger partial charge in [0.25, 0.3) is 0 Å². The maximum Gasteiger partial charge on any atom is 0.246 e. The molecule has 0 atom stereocenters. The Bertz CT molecular complexity index is 541. The zero-order chi connectivity index (χ0) is 12.7. The Hall–Kier alpha value is -1.14. The quantitative estimate of drug-likeness (QED) is 0.860. The van der Waals surface area contributed by atoms with Gasteiger partial charge in [-0.15, -0.1) is 11.6 Å². The summed E-state index contributed by atoms with van der Waals surface area (Å²) < 4.78 is 35.9. The highest BCUT2D eigenvalue weighted by molar-refractivity contribution is 7.93. The summed E-state index contributed by atoms with van der Waals surface area (Å²) in [6.07, 6.45) is 0. The van der Waals surface area contributed by atoms with Gasteiger partial charge in [-0.2, -0.15) is 0 Å². The van der Waals surface area contributed by atoms with Gasteiger partial charge < -0.3 is 9.47 Å². The second kappa shape index (κ2) is 3.96. The second-order valence-corrected chi connectivity index (χ2v) is 6.40. The fraction of sp³-hybridized carbons (Fsp3) is 0.400. The topological polar surface area (TPSA) is 64.6 Å². The van der Waals surface area contributed by atoms with Crippen molar-refractivity contribution in [2.75, 3.05) is 9.93 Å². The summed E-state index contributed by atoms with van der Waals surface area (Å²) in [7, 11) is -3.50. The summed E-state index contributed by atoms with van der Waals surface area (Å²) >= 11 is 5.30. The Morgan fingerprint density at radius 3 is 2.59 bits per heavy atom. The number of sulfonamides is 1. The van der Waals surface area contributed by atoms with Gasteiger partial charge in [0.2, 0.25) is 15.8 Å². The van der Waals surface area contributed by atoms with E-state index in [2.05, 4.69) is 4.72 Å². The van der Waals surface area contributed by atoms with Gasteiger partial charge in [-0.1, -0.05) is 0 Å². The SMILES string of the molecule is CC1(C)Oc2ccc(NS(=O)(=O)CCl)cc2O1. The third kappa shape index (κ3) is 2.76. The first-order valence-corrected chi connectivity index (χ1v) is 7.08. The minimum atomic E-state index is -3.50. The molecule has 1 N–H and O–H groups in total. The molecule has 5 nitrogen and oxygen atoms in total. The van der Waals surface area contributed by atoms with E-state index in [0.717, 1.165) is 0 Å². The lowest BCUT2D eigenvalue weighted by Crippen LogP contribution is -2.29.